The molecule has 0 aromatic heterocycles. The molecule has 0 spiro atoms. The zero-order chi connectivity index (χ0) is 32.6. The van der Waals surface area contributed by atoms with E-state index in [0.29, 0.717) is 11.4 Å². The molecule has 2 aromatic carbocycles. The van der Waals surface area contributed by atoms with Crippen LogP contribution in [0.4, 0.5) is 11.4 Å². The van der Waals surface area contributed by atoms with Crippen LogP contribution in [0.1, 0.15) is 27.7 Å². The van der Waals surface area contributed by atoms with E-state index in [9.17, 15) is 27.6 Å². The van der Waals surface area contributed by atoms with E-state index in [1.165, 1.54) is 38.1 Å². The minimum absolute atomic E-state index is 0.0314. The summed E-state index contributed by atoms with van der Waals surface area (Å²) in [5, 5.41) is 10.5. The van der Waals surface area contributed by atoms with Crippen molar-refractivity contribution in [2.75, 3.05) is 17.2 Å². The van der Waals surface area contributed by atoms with Gasteiger partial charge < -0.3 is 0 Å². The van der Waals surface area contributed by atoms with Crippen molar-refractivity contribution in [2.24, 2.45) is 5.14 Å². The molecule has 5 atom stereocenters. The van der Waals surface area contributed by atoms with Gasteiger partial charge in [-0.05, 0) is 0 Å². The number of carbonyl (C=O) groups excluding carboxylic acids is 4. The molecule has 1 heterocycles. The van der Waals surface area contributed by atoms with Crippen molar-refractivity contribution in [2.45, 2.75) is 62.0 Å². The van der Waals surface area contributed by atoms with Gasteiger partial charge in [0.25, 0.3) is 0 Å². The summed E-state index contributed by atoms with van der Waals surface area (Å²) in [6, 6.07) is 12.8. The molecule has 2 aromatic rings. The van der Waals surface area contributed by atoms with Gasteiger partial charge in [-0.2, -0.15) is 0 Å². The van der Waals surface area contributed by atoms with Crippen LogP contribution in [0.5, 0.6) is 0 Å². The summed E-state index contributed by atoms with van der Waals surface area (Å²) in [5.74, 6) is -2.68. The summed E-state index contributed by atoms with van der Waals surface area (Å²) in [7, 11) is -3.82. The van der Waals surface area contributed by atoms with Crippen LogP contribution in [0.25, 0.3) is 0 Å². The van der Waals surface area contributed by atoms with Crippen molar-refractivity contribution >= 4 is 82.0 Å². The number of anilines is 2. The second kappa shape index (κ2) is 15.4. The Morgan fingerprint density at radius 2 is 1.27 bits per heavy atom. The van der Waals surface area contributed by atoms with Gasteiger partial charge in [-0.15, -0.1) is 0 Å². The van der Waals surface area contributed by atoms with Crippen LogP contribution in [0.15, 0.2) is 53.4 Å². The summed E-state index contributed by atoms with van der Waals surface area (Å²) >= 11 is 4.79. The minimum atomic E-state index is -3.82. The molecule has 14 nitrogen and oxygen atoms in total. The number of hydrogen-bond donors (Lipinski definition) is 3. The number of thiocarbonyl (C=S) groups is 1. The maximum absolute atomic E-state index is 12.1. The summed E-state index contributed by atoms with van der Waals surface area (Å²) in [6.45, 7) is 4.41. The number of nitrogens with two attached hydrogens (primary N) is 1. The molecule has 3 rings (SSSR count). The molecule has 0 saturated carbocycles. The van der Waals surface area contributed by atoms with Gasteiger partial charge in [0.15, 0.2) is 0 Å². The molecule has 0 unspecified atom stereocenters. The van der Waals surface area contributed by atoms with E-state index in [4.69, 9.17) is 41.0 Å². The fourth-order valence-electron chi connectivity index (χ4n) is 4.06. The third kappa shape index (κ3) is 10.5. The Hall–Kier alpha value is -3.60. The zero-order valence-corrected chi connectivity index (χ0v) is 27.4. The average molecular weight is 717 g/mol. The van der Waals surface area contributed by atoms with Crippen LogP contribution in [-0.4, -0.2) is 88.4 Å². The van der Waals surface area contributed by atoms with Gasteiger partial charge in [-0.25, -0.2) is 13.6 Å². The Morgan fingerprint density at radius 1 is 0.795 bits per heavy atom. The molecule has 4 N–H and O–H groups in total. The average Bonchev–Trinajstić information content (AvgIpc) is 2.91. The first-order valence-electron chi connectivity index (χ1n) is 12.9. The fourth-order valence-corrected chi connectivity index (χ4v) is 7.12. The number of sulfonamides is 1. The molecule has 0 radical (unpaired) electrons. The number of benzene rings is 2. The fraction of sp³-hybridized carbons (Fsp3) is 0.370. The second-order valence-corrected chi connectivity index (χ2v) is 13.8. The monoisotopic (exact) mass is 717 g/mol. The topological polar surface area (TPSA) is 199 Å². The standard InChI is InChI=1S/C27H31N3O11S2Se/c1-14(31)37-13-22-23(38-15(2)32)24(39-16(3)33)25(40-17(4)34)26(41-22)44-21-11-7-19(8-12-21)30-27(42)29-18-5-9-20(10-6-18)43(28,35)36/h5-12,22-26H,13H2,1-4H3,(H2,28,35,36)(H2,29,30,42)/t22-,23-,24+,25-,26+/m1/s1. The van der Waals surface area contributed by atoms with Crippen LogP contribution in [0.3, 0.4) is 0 Å². The third-order valence-corrected chi connectivity index (χ3v) is 9.31. The number of rotatable bonds is 10. The summed E-state index contributed by atoms with van der Waals surface area (Å²) < 4.78 is 51.4. The zero-order valence-electron chi connectivity index (χ0n) is 24.0. The van der Waals surface area contributed by atoms with Crippen molar-refractivity contribution in [3.05, 3.63) is 48.5 Å². The normalized spacial score (nSPS) is 21.3. The Bertz CT molecular complexity index is 1490. The SMILES string of the molecule is CC(=O)OC[C@H]1O[C@@H]([Se]c2ccc(NC(=S)Nc3ccc(S(N)(=O)=O)cc3)cc2)[C@H](OC(C)=O)[C@@H](OC(C)=O)[C@@H]1OC(C)=O. The number of ether oxygens (including phenoxy) is 5. The van der Waals surface area contributed by atoms with Crippen LogP contribution >= 0.6 is 12.2 Å². The molecular weight excluding hydrogens is 685 g/mol. The number of primary sulfonamides is 1. The van der Waals surface area contributed by atoms with E-state index in [2.05, 4.69) is 10.6 Å². The predicted octanol–water partition coefficient (Wildman–Crippen LogP) is 0.556. The Kier molecular flexibility index (Phi) is 12.2. The Balaban J connectivity index is 1.78. The Morgan fingerprint density at radius 3 is 1.75 bits per heavy atom. The molecule has 1 fully saturated rings. The first-order valence-corrected chi connectivity index (χ1v) is 16.7. The van der Waals surface area contributed by atoms with Gasteiger partial charge in [0.1, 0.15) is 0 Å². The van der Waals surface area contributed by atoms with E-state index in [1.54, 1.807) is 24.3 Å². The number of hydrogen-bond acceptors (Lipinski definition) is 12. The van der Waals surface area contributed by atoms with Gasteiger partial charge in [0.2, 0.25) is 0 Å². The predicted molar refractivity (Wildman–Crippen MR) is 161 cm³/mol. The molecular formula is C27H31N3O11S2Se. The van der Waals surface area contributed by atoms with E-state index in [-0.39, 0.29) is 16.6 Å². The van der Waals surface area contributed by atoms with Gasteiger partial charge >= 0.3 is 253 Å². The van der Waals surface area contributed by atoms with Gasteiger partial charge in [0, 0.05) is 0 Å². The van der Waals surface area contributed by atoms with Crippen LogP contribution < -0.4 is 20.2 Å². The van der Waals surface area contributed by atoms with Crippen LogP contribution in [0, 0.1) is 0 Å². The maximum atomic E-state index is 12.1. The van der Waals surface area contributed by atoms with Crippen molar-refractivity contribution in [1.29, 1.82) is 0 Å². The van der Waals surface area contributed by atoms with Crippen LogP contribution in [-0.2, 0) is 52.9 Å². The number of esters is 4. The van der Waals surface area contributed by atoms with Crippen molar-refractivity contribution in [1.82, 2.24) is 0 Å². The molecule has 0 amide bonds. The van der Waals surface area contributed by atoms with Crippen molar-refractivity contribution < 1.29 is 51.3 Å². The third-order valence-electron chi connectivity index (χ3n) is 5.75. The van der Waals surface area contributed by atoms with Crippen molar-refractivity contribution in [3.8, 4) is 0 Å². The molecule has 0 bridgehead atoms. The quantitative estimate of drug-likeness (QED) is 0.133. The molecule has 44 heavy (non-hydrogen) atoms. The van der Waals surface area contributed by atoms with E-state index >= 15 is 0 Å². The molecule has 1 aliphatic heterocycles. The van der Waals surface area contributed by atoms with Crippen LogP contribution in [0.2, 0.25) is 0 Å². The molecule has 17 heteroatoms. The summed E-state index contributed by atoms with van der Waals surface area (Å²) in [5.41, 5.74) is 1.17. The van der Waals surface area contributed by atoms with E-state index in [1.807, 2.05) is 0 Å². The van der Waals surface area contributed by atoms with E-state index in [0.717, 1.165) is 18.3 Å². The van der Waals surface area contributed by atoms with Crippen molar-refractivity contribution in [3.63, 3.8) is 0 Å². The summed E-state index contributed by atoms with van der Waals surface area (Å²) in [6.07, 6.45) is -4.60. The number of carbonyl (C=O) groups is 4. The van der Waals surface area contributed by atoms with Gasteiger partial charge in [0.05, 0.1) is 0 Å². The van der Waals surface area contributed by atoms with E-state index < -0.39 is 78.3 Å². The molecule has 0 aliphatic carbocycles. The Labute approximate surface area is 265 Å². The van der Waals surface area contributed by atoms with Gasteiger partial charge in [-0.3, -0.25) is 0 Å². The number of nitrogens with one attached hydrogen (secondary N) is 2. The first-order chi connectivity index (χ1) is 20.6. The second-order valence-electron chi connectivity index (χ2n) is 9.36. The van der Waals surface area contributed by atoms with Gasteiger partial charge in [-0.1, -0.05) is 0 Å². The molecule has 1 saturated heterocycles. The molecule has 238 valence electrons. The first kappa shape index (κ1) is 34.9. The summed E-state index contributed by atoms with van der Waals surface area (Å²) in [4.78, 5) is 47.5. The molecule has 1 aliphatic rings.